The number of rotatable bonds is 2. The first kappa shape index (κ1) is 12.8. The second-order valence-corrected chi connectivity index (χ2v) is 5.03. The second kappa shape index (κ2) is 5.17. The van der Waals surface area contributed by atoms with Crippen LogP contribution in [0.4, 0.5) is 4.79 Å². The van der Waals surface area contributed by atoms with Gasteiger partial charge in [0.15, 0.2) is 0 Å². The molecule has 1 aliphatic rings. The lowest BCUT2D eigenvalue weighted by molar-refractivity contribution is 0.0228. The normalized spacial score (nSPS) is 20.4. The summed E-state index contributed by atoms with van der Waals surface area (Å²) in [4.78, 5) is 23.7. The Balaban J connectivity index is 2.57. The number of amides is 1. The quantitative estimate of drug-likeness (QED) is 0.676. The van der Waals surface area contributed by atoms with Crippen LogP contribution in [0.2, 0.25) is 0 Å². The molecule has 0 unspecified atom stereocenters. The van der Waals surface area contributed by atoms with Gasteiger partial charge in [0.1, 0.15) is 11.5 Å². The topological polar surface area (TPSA) is 46.6 Å². The SMILES string of the molecule is CC(C)(C)OC(=O)N1CCC[C@H]1CC=C=O. The monoisotopic (exact) mass is 225 g/mol. The molecule has 16 heavy (non-hydrogen) atoms. The van der Waals surface area contributed by atoms with Gasteiger partial charge in [-0.2, -0.15) is 0 Å². The Morgan fingerprint density at radius 3 is 2.81 bits per heavy atom. The molecule has 0 bridgehead atoms. The van der Waals surface area contributed by atoms with Crippen molar-refractivity contribution < 1.29 is 14.3 Å². The predicted molar refractivity (Wildman–Crippen MR) is 60.8 cm³/mol. The van der Waals surface area contributed by atoms with Crippen LogP contribution in [0.25, 0.3) is 0 Å². The molecule has 0 N–H and O–H groups in total. The summed E-state index contributed by atoms with van der Waals surface area (Å²) in [6, 6.07) is 0.0938. The van der Waals surface area contributed by atoms with E-state index in [0.717, 1.165) is 12.8 Å². The van der Waals surface area contributed by atoms with E-state index in [1.807, 2.05) is 20.8 Å². The molecule has 1 atom stereocenters. The molecule has 0 aromatic rings. The van der Waals surface area contributed by atoms with Gasteiger partial charge in [0, 0.05) is 18.7 Å². The van der Waals surface area contributed by atoms with Gasteiger partial charge < -0.3 is 9.64 Å². The first-order valence-corrected chi connectivity index (χ1v) is 5.63. The first-order valence-electron chi connectivity index (χ1n) is 5.63. The minimum Gasteiger partial charge on any atom is -0.444 e. The maximum absolute atomic E-state index is 11.8. The van der Waals surface area contributed by atoms with Crippen molar-refractivity contribution in [2.45, 2.75) is 51.7 Å². The fourth-order valence-electron chi connectivity index (χ4n) is 1.83. The third-order valence-corrected chi connectivity index (χ3v) is 2.48. The lowest BCUT2D eigenvalue weighted by Gasteiger charge is -2.27. The molecule has 0 aromatic heterocycles. The third-order valence-electron chi connectivity index (χ3n) is 2.48. The van der Waals surface area contributed by atoms with E-state index in [4.69, 9.17) is 4.74 Å². The Bertz CT molecular complexity index is 300. The van der Waals surface area contributed by atoms with Gasteiger partial charge in [0.25, 0.3) is 0 Å². The van der Waals surface area contributed by atoms with E-state index in [1.54, 1.807) is 10.8 Å². The first-order chi connectivity index (χ1) is 7.44. The van der Waals surface area contributed by atoms with Crippen LogP contribution in [0.15, 0.2) is 6.08 Å². The molecular weight excluding hydrogens is 206 g/mol. The van der Waals surface area contributed by atoms with Crippen LogP contribution in [-0.2, 0) is 9.53 Å². The van der Waals surface area contributed by atoms with E-state index in [-0.39, 0.29) is 12.1 Å². The highest BCUT2D eigenvalue weighted by atomic mass is 16.6. The lowest BCUT2D eigenvalue weighted by atomic mass is 10.1. The van der Waals surface area contributed by atoms with Crippen LogP contribution >= 0.6 is 0 Å². The number of ether oxygens (including phenoxy) is 1. The Morgan fingerprint density at radius 1 is 1.56 bits per heavy atom. The van der Waals surface area contributed by atoms with Gasteiger partial charge in [0.2, 0.25) is 0 Å². The zero-order valence-corrected chi connectivity index (χ0v) is 10.2. The van der Waals surface area contributed by atoms with Crippen molar-refractivity contribution in [1.82, 2.24) is 4.90 Å². The predicted octanol–water partition coefficient (Wildman–Crippen LogP) is 2.16. The number of carbonyl (C=O) groups is 1. The summed E-state index contributed by atoms with van der Waals surface area (Å²) in [6.07, 6.45) is 3.62. The fraction of sp³-hybridized carbons (Fsp3) is 0.750. The summed E-state index contributed by atoms with van der Waals surface area (Å²) in [5.41, 5.74) is -0.468. The summed E-state index contributed by atoms with van der Waals surface area (Å²) in [5.74, 6) is 1.75. The molecule has 4 heteroatoms. The zero-order chi connectivity index (χ0) is 12.2. The molecule has 1 heterocycles. The van der Waals surface area contributed by atoms with E-state index in [0.29, 0.717) is 13.0 Å². The van der Waals surface area contributed by atoms with E-state index in [2.05, 4.69) is 0 Å². The Hall–Kier alpha value is -1.28. The van der Waals surface area contributed by atoms with E-state index in [1.165, 1.54) is 6.08 Å². The van der Waals surface area contributed by atoms with Gasteiger partial charge in [-0.15, -0.1) is 0 Å². The smallest absolute Gasteiger partial charge is 0.410 e. The Kier molecular flexibility index (Phi) is 4.13. The van der Waals surface area contributed by atoms with Crippen molar-refractivity contribution in [3.05, 3.63) is 6.08 Å². The molecule has 4 nitrogen and oxygen atoms in total. The van der Waals surface area contributed by atoms with Crippen molar-refractivity contribution in [3.63, 3.8) is 0 Å². The molecule has 0 radical (unpaired) electrons. The van der Waals surface area contributed by atoms with Crippen molar-refractivity contribution in [3.8, 4) is 0 Å². The maximum atomic E-state index is 11.8. The van der Waals surface area contributed by atoms with Gasteiger partial charge >= 0.3 is 6.09 Å². The van der Waals surface area contributed by atoms with Gasteiger partial charge in [-0.3, -0.25) is 0 Å². The second-order valence-electron chi connectivity index (χ2n) is 5.03. The van der Waals surface area contributed by atoms with E-state index >= 15 is 0 Å². The van der Waals surface area contributed by atoms with Gasteiger partial charge in [-0.05, 0) is 40.0 Å². The van der Waals surface area contributed by atoms with E-state index < -0.39 is 5.60 Å². The summed E-state index contributed by atoms with van der Waals surface area (Å²) >= 11 is 0. The van der Waals surface area contributed by atoms with Crippen LogP contribution in [0.1, 0.15) is 40.0 Å². The minimum atomic E-state index is -0.468. The number of nitrogens with zero attached hydrogens (tertiary/aromatic N) is 1. The lowest BCUT2D eigenvalue weighted by Crippen LogP contribution is -2.39. The number of hydrogen-bond acceptors (Lipinski definition) is 3. The van der Waals surface area contributed by atoms with Gasteiger partial charge in [-0.25, -0.2) is 9.59 Å². The maximum Gasteiger partial charge on any atom is 0.410 e. The van der Waals surface area contributed by atoms with Crippen molar-refractivity contribution in [1.29, 1.82) is 0 Å². The third kappa shape index (κ3) is 3.70. The van der Waals surface area contributed by atoms with Crippen LogP contribution < -0.4 is 0 Å². The van der Waals surface area contributed by atoms with Gasteiger partial charge in [-0.1, -0.05) is 0 Å². The molecule has 1 saturated heterocycles. The summed E-state index contributed by atoms with van der Waals surface area (Å²) in [6.45, 7) is 6.26. The molecule has 0 spiro atoms. The average molecular weight is 225 g/mol. The largest absolute Gasteiger partial charge is 0.444 e. The highest BCUT2D eigenvalue weighted by molar-refractivity contribution is 5.69. The summed E-state index contributed by atoms with van der Waals surface area (Å²) in [5, 5.41) is 0. The molecule has 1 amide bonds. The van der Waals surface area contributed by atoms with Crippen LogP contribution in [0.5, 0.6) is 0 Å². The molecule has 1 rings (SSSR count). The molecule has 0 saturated carbocycles. The summed E-state index contributed by atoms with van der Waals surface area (Å²) in [7, 11) is 0. The Morgan fingerprint density at radius 2 is 2.25 bits per heavy atom. The van der Waals surface area contributed by atoms with Crippen molar-refractivity contribution >= 4 is 12.0 Å². The number of carbonyl (C=O) groups excluding carboxylic acids is 2. The molecule has 0 aromatic carbocycles. The fourth-order valence-corrected chi connectivity index (χ4v) is 1.83. The van der Waals surface area contributed by atoms with Crippen LogP contribution in [-0.4, -0.2) is 35.1 Å². The van der Waals surface area contributed by atoms with Crippen molar-refractivity contribution in [2.24, 2.45) is 0 Å². The average Bonchev–Trinajstić information content (AvgIpc) is 2.59. The molecule has 1 fully saturated rings. The molecule has 90 valence electrons. The van der Waals surface area contributed by atoms with Crippen molar-refractivity contribution in [2.75, 3.05) is 6.54 Å². The van der Waals surface area contributed by atoms with Crippen LogP contribution in [0, 0.1) is 0 Å². The highest BCUT2D eigenvalue weighted by Gasteiger charge is 2.31. The minimum absolute atomic E-state index is 0.0938. The number of likely N-dealkylation sites (tertiary alicyclic amines) is 1. The number of hydrogen-bond donors (Lipinski definition) is 0. The zero-order valence-electron chi connectivity index (χ0n) is 10.2. The summed E-state index contributed by atoms with van der Waals surface area (Å²) < 4.78 is 5.31. The highest BCUT2D eigenvalue weighted by Crippen LogP contribution is 2.22. The molecule has 1 aliphatic heterocycles. The van der Waals surface area contributed by atoms with E-state index in [9.17, 15) is 9.59 Å². The standard InChI is InChI=1S/C12H19NO3/c1-12(2,3)16-11(15)13-8-4-6-10(13)7-5-9-14/h5,10H,4,6-8H2,1-3H3/t10-/m0/s1. The van der Waals surface area contributed by atoms with Crippen LogP contribution in [0.3, 0.4) is 0 Å². The van der Waals surface area contributed by atoms with Gasteiger partial charge in [0.05, 0.1) is 0 Å². The Labute approximate surface area is 96.3 Å². The molecular formula is C12H19NO3. The molecule has 0 aliphatic carbocycles.